The maximum atomic E-state index is 12.1. The van der Waals surface area contributed by atoms with Crippen LogP contribution in [0.4, 0.5) is 11.4 Å². The molecule has 2 rings (SSSR count). The second-order valence-electron chi connectivity index (χ2n) is 4.21. The molecule has 0 aromatic heterocycles. The minimum Gasteiger partial charge on any atom is -0.372 e. The van der Waals surface area contributed by atoms with E-state index in [9.17, 15) is 4.79 Å². The number of aryl methyl sites for hydroxylation is 1. The van der Waals surface area contributed by atoms with E-state index in [1.165, 1.54) is 5.56 Å². The highest BCUT2D eigenvalue weighted by Gasteiger charge is 2.29. The molecule has 0 radical (unpaired) electrons. The number of benzene rings is 1. The van der Waals surface area contributed by atoms with Gasteiger partial charge < -0.3 is 10.2 Å². The highest BCUT2D eigenvalue weighted by atomic mass is 16.2. The third kappa shape index (κ3) is 1.66. The van der Waals surface area contributed by atoms with Crippen molar-refractivity contribution >= 4 is 17.3 Å². The number of carbonyl (C=O) groups is 1. The molecule has 0 bridgehead atoms. The summed E-state index contributed by atoms with van der Waals surface area (Å²) in [5.41, 5.74) is 3.26. The van der Waals surface area contributed by atoms with Crippen LogP contribution in [-0.4, -0.2) is 18.5 Å². The first-order valence-corrected chi connectivity index (χ1v) is 5.86. The fourth-order valence-corrected chi connectivity index (χ4v) is 2.15. The fraction of sp³-hybridized carbons (Fsp3) is 0.462. The smallest absolute Gasteiger partial charge is 0.249 e. The Bertz CT molecular complexity index is 414. The quantitative estimate of drug-likeness (QED) is 0.827. The lowest BCUT2D eigenvalue weighted by molar-refractivity contribution is -0.119. The van der Waals surface area contributed by atoms with Crippen molar-refractivity contribution in [1.29, 1.82) is 0 Å². The van der Waals surface area contributed by atoms with E-state index in [1.54, 1.807) is 0 Å². The third-order valence-corrected chi connectivity index (χ3v) is 3.06. The molecule has 0 saturated heterocycles. The molecule has 1 heterocycles. The predicted octanol–water partition coefficient (Wildman–Crippen LogP) is 2.55. The number of carbonyl (C=O) groups excluding carboxylic acids is 1. The van der Waals surface area contributed by atoms with Crippen LogP contribution in [0.5, 0.6) is 0 Å². The van der Waals surface area contributed by atoms with E-state index < -0.39 is 0 Å². The lowest BCUT2D eigenvalue weighted by atomic mass is 10.1. The number of fused-ring (bicyclic) bond motifs is 1. The molecule has 1 aliphatic heterocycles. The Morgan fingerprint density at radius 2 is 2.12 bits per heavy atom. The topological polar surface area (TPSA) is 32.3 Å². The van der Waals surface area contributed by atoms with Gasteiger partial charge in [-0.05, 0) is 38.0 Å². The summed E-state index contributed by atoms with van der Waals surface area (Å²) in [5, 5.41) is 3.30. The maximum Gasteiger partial charge on any atom is 0.249 e. The van der Waals surface area contributed by atoms with Crippen molar-refractivity contribution in [2.75, 3.05) is 16.8 Å². The van der Waals surface area contributed by atoms with Gasteiger partial charge in [0.1, 0.15) is 6.04 Å². The molecule has 0 spiro atoms. The number of likely N-dealkylation sites (N-methyl/N-ethyl adjacent to an activating group) is 1. The first kappa shape index (κ1) is 11.0. The van der Waals surface area contributed by atoms with Crippen molar-refractivity contribution in [3.05, 3.63) is 23.8 Å². The van der Waals surface area contributed by atoms with E-state index in [1.807, 2.05) is 25.7 Å². The minimum atomic E-state index is -0.0739. The largest absolute Gasteiger partial charge is 0.372 e. The third-order valence-electron chi connectivity index (χ3n) is 3.06. The van der Waals surface area contributed by atoms with Crippen LogP contribution in [0, 0.1) is 6.92 Å². The van der Waals surface area contributed by atoms with Gasteiger partial charge in [-0.2, -0.15) is 0 Å². The van der Waals surface area contributed by atoms with Crippen LogP contribution in [0.1, 0.15) is 25.8 Å². The second kappa shape index (κ2) is 4.16. The molecule has 0 saturated carbocycles. The van der Waals surface area contributed by atoms with Crippen molar-refractivity contribution in [2.24, 2.45) is 0 Å². The molecule has 1 unspecified atom stereocenters. The van der Waals surface area contributed by atoms with Crippen molar-refractivity contribution in [2.45, 2.75) is 33.2 Å². The molecular weight excluding hydrogens is 200 g/mol. The van der Waals surface area contributed by atoms with Gasteiger partial charge in [-0.1, -0.05) is 13.0 Å². The zero-order chi connectivity index (χ0) is 11.7. The molecule has 3 heteroatoms. The van der Waals surface area contributed by atoms with E-state index >= 15 is 0 Å². The van der Waals surface area contributed by atoms with Gasteiger partial charge in [0.25, 0.3) is 0 Å². The van der Waals surface area contributed by atoms with Gasteiger partial charge in [-0.3, -0.25) is 4.79 Å². The van der Waals surface area contributed by atoms with Crippen LogP contribution in [-0.2, 0) is 4.79 Å². The Labute approximate surface area is 96.5 Å². The summed E-state index contributed by atoms with van der Waals surface area (Å²) in [6, 6.07) is 6.12. The monoisotopic (exact) mass is 218 g/mol. The lowest BCUT2D eigenvalue weighted by Gasteiger charge is -2.34. The average molecular weight is 218 g/mol. The van der Waals surface area contributed by atoms with Crippen LogP contribution < -0.4 is 10.2 Å². The summed E-state index contributed by atoms with van der Waals surface area (Å²) in [4.78, 5) is 14.0. The van der Waals surface area contributed by atoms with Crippen LogP contribution in [0.2, 0.25) is 0 Å². The van der Waals surface area contributed by atoms with Gasteiger partial charge >= 0.3 is 0 Å². The zero-order valence-electron chi connectivity index (χ0n) is 10.1. The molecule has 1 aliphatic rings. The molecule has 1 aromatic carbocycles. The van der Waals surface area contributed by atoms with Gasteiger partial charge in [0.15, 0.2) is 0 Å². The Morgan fingerprint density at radius 3 is 2.75 bits per heavy atom. The van der Waals surface area contributed by atoms with E-state index in [0.29, 0.717) is 0 Å². The molecular formula is C13H18N2O. The van der Waals surface area contributed by atoms with Crippen LogP contribution >= 0.6 is 0 Å². The van der Waals surface area contributed by atoms with Crippen molar-refractivity contribution < 1.29 is 4.79 Å². The summed E-state index contributed by atoms with van der Waals surface area (Å²) in [6.07, 6.45) is 0.822. The van der Waals surface area contributed by atoms with Gasteiger partial charge in [-0.25, -0.2) is 0 Å². The van der Waals surface area contributed by atoms with Crippen LogP contribution in [0.3, 0.4) is 0 Å². The molecule has 1 N–H and O–H groups in total. The van der Waals surface area contributed by atoms with E-state index in [2.05, 4.69) is 23.5 Å². The number of hydrogen-bond donors (Lipinski definition) is 1. The molecule has 1 atom stereocenters. The summed E-state index contributed by atoms with van der Waals surface area (Å²) in [6.45, 7) is 6.82. The predicted molar refractivity (Wildman–Crippen MR) is 66.9 cm³/mol. The number of nitrogens with one attached hydrogen (secondary N) is 1. The second-order valence-corrected chi connectivity index (χ2v) is 4.21. The highest BCUT2D eigenvalue weighted by molar-refractivity contribution is 6.04. The molecule has 16 heavy (non-hydrogen) atoms. The van der Waals surface area contributed by atoms with E-state index in [-0.39, 0.29) is 11.9 Å². The molecule has 0 fully saturated rings. The Morgan fingerprint density at radius 1 is 1.38 bits per heavy atom. The standard InChI is InChI=1S/C13H18N2O/c1-4-10-13(16)15(5-2)12-8-9(3)6-7-11(12)14-10/h6-8,10,14H,4-5H2,1-3H3. The lowest BCUT2D eigenvalue weighted by Crippen LogP contribution is -2.46. The van der Waals surface area contributed by atoms with Crippen molar-refractivity contribution in [1.82, 2.24) is 0 Å². The summed E-state index contributed by atoms with van der Waals surface area (Å²) in [5.74, 6) is 0.183. The fourth-order valence-electron chi connectivity index (χ4n) is 2.15. The number of amides is 1. The first-order valence-electron chi connectivity index (χ1n) is 5.86. The molecule has 1 amide bonds. The summed E-state index contributed by atoms with van der Waals surface area (Å²) >= 11 is 0. The Balaban J connectivity index is 2.47. The zero-order valence-corrected chi connectivity index (χ0v) is 10.1. The highest BCUT2D eigenvalue weighted by Crippen LogP contribution is 2.32. The van der Waals surface area contributed by atoms with Crippen molar-refractivity contribution in [3.63, 3.8) is 0 Å². The molecule has 86 valence electrons. The SMILES string of the molecule is CCC1Nc2ccc(C)cc2N(CC)C1=O. The number of anilines is 2. The van der Waals surface area contributed by atoms with Gasteiger partial charge in [0.2, 0.25) is 5.91 Å². The van der Waals surface area contributed by atoms with Gasteiger partial charge in [0, 0.05) is 6.54 Å². The van der Waals surface area contributed by atoms with Gasteiger partial charge in [0.05, 0.1) is 11.4 Å². The van der Waals surface area contributed by atoms with Crippen LogP contribution in [0.25, 0.3) is 0 Å². The van der Waals surface area contributed by atoms with Gasteiger partial charge in [-0.15, -0.1) is 0 Å². The summed E-state index contributed by atoms with van der Waals surface area (Å²) in [7, 11) is 0. The number of rotatable bonds is 2. The van der Waals surface area contributed by atoms with E-state index in [4.69, 9.17) is 0 Å². The van der Waals surface area contributed by atoms with Crippen molar-refractivity contribution in [3.8, 4) is 0 Å². The first-order chi connectivity index (χ1) is 7.67. The summed E-state index contributed by atoms with van der Waals surface area (Å²) < 4.78 is 0. The molecule has 0 aliphatic carbocycles. The average Bonchev–Trinajstić information content (AvgIpc) is 2.28. The normalized spacial score (nSPS) is 19.3. The number of hydrogen-bond acceptors (Lipinski definition) is 2. The van der Waals surface area contributed by atoms with E-state index in [0.717, 1.165) is 24.3 Å². The number of nitrogens with zero attached hydrogens (tertiary/aromatic N) is 1. The molecule has 1 aromatic rings. The van der Waals surface area contributed by atoms with Crippen LogP contribution in [0.15, 0.2) is 18.2 Å². The molecule has 3 nitrogen and oxygen atoms in total. The Kier molecular flexibility index (Phi) is 2.86. The maximum absolute atomic E-state index is 12.1. The Hall–Kier alpha value is -1.51. The minimum absolute atomic E-state index is 0.0739.